The van der Waals surface area contributed by atoms with E-state index in [0.29, 0.717) is 12.1 Å². The molecule has 1 amide bonds. The first-order valence-electron chi connectivity index (χ1n) is 6.46. The number of hydrogen-bond acceptors (Lipinski definition) is 4. The highest BCUT2D eigenvalue weighted by Crippen LogP contribution is 2.10. The summed E-state index contributed by atoms with van der Waals surface area (Å²) in [6.45, 7) is 4.96. The molecule has 1 atom stereocenters. The summed E-state index contributed by atoms with van der Waals surface area (Å²) in [5, 5.41) is 5.60. The Kier molecular flexibility index (Phi) is 6.12. The van der Waals surface area contributed by atoms with Crippen LogP contribution in [0.1, 0.15) is 24.2 Å². The predicted octanol–water partition coefficient (Wildman–Crippen LogP) is 0.323. The molecule has 1 rings (SSSR count). The van der Waals surface area contributed by atoms with Crippen molar-refractivity contribution in [3.8, 4) is 0 Å². The van der Waals surface area contributed by atoms with Gasteiger partial charge in [0, 0.05) is 25.2 Å². The van der Waals surface area contributed by atoms with E-state index in [4.69, 9.17) is 0 Å². The van der Waals surface area contributed by atoms with Gasteiger partial charge in [-0.3, -0.25) is 4.79 Å². The first-order chi connectivity index (χ1) is 9.40. The van der Waals surface area contributed by atoms with Crippen LogP contribution in [0.3, 0.4) is 0 Å². The van der Waals surface area contributed by atoms with Gasteiger partial charge in [0.2, 0.25) is 10.0 Å². The molecule has 0 unspecified atom stereocenters. The lowest BCUT2D eigenvalue weighted by molar-refractivity contribution is 0.0963. The van der Waals surface area contributed by atoms with Crippen molar-refractivity contribution in [2.24, 2.45) is 0 Å². The Morgan fingerprint density at radius 1 is 1.25 bits per heavy atom. The van der Waals surface area contributed by atoms with Crippen LogP contribution in [0.2, 0.25) is 0 Å². The van der Waals surface area contributed by atoms with E-state index >= 15 is 0 Å². The molecular formula is C13H21N3O3S. The van der Waals surface area contributed by atoms with Crippen molar-refractivity contribution in [1.29, 1.82) is 0 Å². The summed E-state index contributed by atoms with van der Waals surface area (Å²) < 4.78 is 26.6. The first-order valence-corrected chi connectivity index (χ1v) is 7.94. The molecular weight excluding hydrogens is 278 g/mol. The Hall–Kier alpha value is -1.44. The zero-order valence-electron chi connectivity index (χ0n) is 11.9. The van der Waals surface area contributed by atoms with Gasteiger partial charge < -0.3 is 10.6 Å². The van der Waals surface area contributed by atoms with E-state index in [1.54, 1.807) is 0 Å². The number of benzene rings is 1. The number of carbonyl (C=O) groups excluding carboxylic acids is 1. The summed E-state index contributed by atoms with van der Waals surface area (Å²) in [4.78, 5) is 11.5. The maximum Gasteiger partial charge on any atom is 0.251 e. The van der Waals surface area contributed by atoms with Gasteiger partial charge in [0.1, 0.15) is 0 Å². The molecule has 7 heteroatoms. The van der Waals surface area contributed by atoms with Crippen LogP contribution in [0, 0.1) is 0 Å². The van der Waals surface area contributed by atoms with Crippen LogP contribution < -0.4 is 15.4 Å². The molecule has 0 saturated heterocycles. The standard InChI is InChI=1S/C13H21N3O3S/c1-4-15-10(2)9-16-20(18,19)12-7-5-11(6-8-12)13(17)14-3/h5-8,10,15-16H,4,9H2,1-3H3,(H,14,17)/t10-/m1/s1. The Balaban J connectivity index is 2.75. The molecule has 3 N–H and O–H groups in total. The van der Waals surface area contributed by atoms with Crippen molar-refractivity contribution >= 4 is 15.9 Å². The Morgan fingerprint density at radius 3 is 2.35 bits per heavy atom. The summed E-state index contributed by atoms with van der Waals surface area (Å²) in [7, 11) is -2.02. The SMILES string of the molecule is CCN[C@H](C)CNS(=O)(=O)c1ccc(C(=O)NC)cc1. The van der Waals surface area contributed by atoms with E-state index in [2.05, 4.69) is 15.4 Å². The molecule has 0 aliphatic rings. The molecule has 0 aliphatic heterocycles. The Labute approximate surface area is 120 Å². The summed E-state index contributed by atoms with van der Waals surface area (Å²) in [5.41, 5.74) is 0.424. The number of sulfonamides is 1. The second-order valence-corrected chi connectivity index (χ2v) is 6.18. The van der Waals surface area contributed by atoms with Gasteiger partial charge in [-0.15, -0.1) is 0 Å². The molecule has 0 saturated carbocycles. The third-order valence-electron chi connectivity index (χ3n) is 2.79. The van der Waals surface area contributed by atoms with Crippen molar-refractivity contribution < 1.29 is 13.2 Å². The van der Waals surface area contributed by atoms with Crippen molar-refractivity contribution in [2.45, 2.75) is 24.8 Å². The zero-order chi connectivity index (χ0) is 15.2. The van der Waals surface area contributed by atoms with Crippen LogP contribution in [0.5, 0.6) is 0 Å². The molecule has 6 nitrogen and oxygen atoms in total. The van der Waals surface area contributed by atoms with Gasteiger partial charge in [0.25, 0.3) is 5.91 Å². The lowest BCUT2D eigenvalue weighted by Crippen LogP contribution is -2.38. The Bertz CT molecular complexity index is 540. The average Bonchev–Trinajstić information content (AvgIpc) is 2.45. The summed E-state index contributed by atoms with van der Waals surface area (Å²) >= 11 is 0. The number of rotatable bonds is 7. The molecule has 0 spiro atoms. The molecule has 0 heterocycles. The van der Waals surface area contributed by atoms with E-state index in [9.17, 15) is 13.2 Å². The molecule has 0 radical (unpaired) electrons. The van der Waals surface area contributed by atoms with E-state index in [0.717, 1.165) is 6.54 Å². The van der Waals surface area contributed by atoms with Gasteiger partial charge in [-0.25, -0.2) is 13.1 Å². The van der Waals surface area contributed by atoms with Crippen molar-refractivity contribution in [3.05, 3.63) is 29.8 Å². The van der Waals surface area contributed by atoms with Gasteiger partial charge in [-0.2, -0.15) is 0 Å². The van der Waals surface area contributed by atoms with Crippen molar-refractivity contribution in [3.63, 3.8) is 0 Å². The van der Waals surface area contributed by atoms with Gasteiger partial charge in [-0.05, 0) is 37.7 Å². The van der Waals surface area contributed by atoms with Gasteiger partial charge in [-0.1, -0.05) is 6.92 Å². The number of likely N-dealkylation sites (N-methyl/N-ethyl adjacent to an activating group) is 1. The van der Waals surface area contributed by atoms with Crippen LogP contribution in [0.4, 0.5) is 0 Å². The van der Waals surface area contributed by atoms with Gasteiger partial charge >= 0.3 is 0 Å². The van der Waals surface area contributed by atoms with E-state index in [-0.39, 0.29) is 16.8 Å². The van der Waals surface area contributed by atoms with Crippen molar-refractivity contribution in [1.82, 2.24) is 15.4 Å². The molecule has 1 aromatic rings. The summed E-state index contributed by atoms with van der Waals surface area (Å²) in [5.74, 6) is -0.248. The average molecular weight is 299 g/mol. The van der Waals surface area contributed by atoms with Crippen LogP contribution in [-0.2, 0) is 10.0 Å². The molecule has 0 aliphatic carbocycles. The smallest absolute Gasteiger partial charge is 0.251 e. The topological polar surface area (TPSA) is 87.3 Å². The fourth-order valence-corrected chi connectivity index (χ4v) is 2.80. The lowest BCUT2D eigenvalue weighted by Gasteiger charge is -2.13. The minimum Gasteiger partial charge on any atom is -0.355 e. The Morgan fingerprint density at radius 2 is 1.85 bits per heavy atom. The van der Waals surface area contributed by atoms with Crippen LogP contribution in [0.15, 0.2) is 29.2 Å². The fourth-order valence-electron chi connectivity index (χ4n) is 1.67. The molecule has 20 heavy (non-hydrogen) atoms. The predicted molar refractivity (Wildman–Crippen MR) is 78.2 cm³/mol. The van der Waals surface area contributed by atoms with E-state index in [1.165, 1.54) is 31.3 Å². The quantitative estimate of drug-likeness (QED) is 0.677. The summed E-state index contributed by atoms with van der Waals surface area (Å²) in [6, 6.07) is 5.87. The maximum atomic E-state index is 12.1. The highest BCUT2D eigenvalue weighted by molar-refractivity contribution is 7.89. The molecule has 0 aromatic heterocycles. The third kappa shape index (κ3) is 4.59. The first kappa shape index (κ1) is 16.6. The highest BCUT2D eigenvalue weighted by Gasteiger charge is 2.15. The van der Waals surface area contributed by atoms with Gasteiger partial charge in [0.15, 0.2) is 0 Å². The van der Waals surface area contributed by atoms with E-state index < -0.39 is 10.0 Å². The van der Waals surface area contributed by atoms with Gasteiger partial charge in [0.05, 0.1) is 4.90 Å². The van der Waals surface area contributed by atoms with Crippen LogP contribution >= 0.6 is 0 Å². The largest absolute Gasteiger partial charge is 0.355 e. The second-order valence-electron chi connectivity index (χ2n) is 4.41. The highest BCUT2D eigenvalue weighted by atomic mass is 32.2. The minimum absolute atomic E-state index is 0.0555. The summed E-state index contributed by atoms with van der Waals surface area (Å²) in [6.07, 6.45) is 0. The third-order valence-corrected chi connectivity index (χ3v) is 4.23. The zero-order valence-corrected chi connectivity index (χ0v) is 12.8. The van der Waals surface area contributed by atoms with Crippen molar-refractivity contribution in [2.75, 3.05) is 20.1 Å². The number of hydrogen-bond donors (Lipinski definition) is 3. The molecule has 1 aromatic carbocycles. The monoisotopic (exact) mass is 299 g/mol. The number of amides is 1. The van der Waals surface area contributed by atoms with E-state index in [1.807, 2.05) is 13.8 Å². The minimum atomic E-state index is -3.54. The lowest BCUT2D eigenvalue weighted by atomic mass is 10.2. The second kappa shape index (κ2) is 7.37. The number of carbonyl (C=O) groups is 1. The normalized spacial score (nSPS) is 12.9. The fraction of sp³-hybridized carbons (Fsp3) is 0.462. The molecule has 0 bridgehead atoms. The number of nitrogens with one attached hydrogen (secondary N) is 3. The molecule has 112 valence electrons. The van der Waals surface area contributed by atoms with Crippen LogP contribution in [0.25, 0.3) is 0 Å². The molecule has 0 fully saturated rings. The van der Waals surface area contributed by atoms with Crippen LogP contribution in [-0.4, -0.2) is 40.5 Å². The maximum absolute atomic E-state index is 12.1.